The van der Waals surface area contributed by atoms with Crippen molar-refractivity contribution < 1.29 is 14.7 Å². The zero-order valence-electron chi connectivity index (χ0n) is 13.1. The Bertz CT molecular complexity index is 891. The molecule has 2 aromatic carbocycles. The third-order valence-electron chi connectivity index (χ3n) is 3.66. The Morgan fingerprint density at radius 1 is 1.00 bits per heavy atom. The average molecular weight is 416 g/mol. The van der Waals surface area contributed by atoms with Crippen molar-refractivity contribution in [1.82, 2.24) is 0 Å². The van der Waals surface area contributed by atoms with Crippen LogP contribution in [0.3, 0.4) is 0 Å². The van der Waals surface area contributed by atoms with E-state index in [-0.39, 0.29) is 18.0 Å². The van der Waals surface area contributed by atoms with Gasteiger partial charge in [0.1, 0.15) is 0 Å². The van der Waals surface area contributed by atoms with Gasteiger partial charge in [-0.1, -0.05) is 46.3 Å². The molecule has 1 aromatic heterocycles. The quantitative estimate of drug-likeness (QED) is 0.633. The standard InChI is InChI=1S/C19H14BrNO3S/c20-14-9-7-13(8-10-14)12-21(18(22)17-6-3-11-25-17)16-5-2-1-4-15(16)19(23)24/h1-11H,12H2,(H,23,24). The molecule has 6 heteroatoms. The van der Waals surface area contributed by atoms with Crippen LogP contribution in [0.2, 0.25) is 0 Å². The molecule has 3 rings (SSSR count). The van der Waals surface area contributed by atoms with Crippen molar-refractivity contribution in [3.63, 3.8) is 0 Å². The molecule has 0 unspecified atom stereocenters. The molecule has 0 aliphatic heterocycles. The molecule has 0 saturated heterocycles. The predicted octanol–water partition coefficient (Wildman–Crippen LogP) is 5.06. The summed E-state index contributed by atoms with van der Waals surface area (Å²) < 4.78 is 0.943. The molecule has 25 heavy (non-hydrogen) atoms. The second-order valence-electron chi connectivity index (χ2n) is 5.32. The van der Waals surface area contributed by atoms with Gasteiger partial charge in [0, 0.05) is 4.47 Å². The van der Waals surface area contributed by atoms with Crippen molar-refractivity contribution in [2.45, 2.75) is 6.54 Å². The SMILES string of the molecule is O=C(O)c1ccccc1N(Cc1ccc(Br)cc1)C(=O)c1cccs1. The van der Waals surface area contributed by atoms with Gasteiger partial charge in [0.2, 0.25) is 0 Å². The number of carboxylic acid groups (broad SMARTS) is 1. The highest BCUT2D eigenvalue weighted by Crippen LogP contribution is 2.26. The molecular formula is C19H14BrNO3S. The van der Waals surface area contributed by atoms with Crippen LogP contribution in [0.5, 0.6) is 0 Å². The van der Waals surface area contributed by atoms with Gasteiger partial charge in [-0.25, -0.2) is 4.79 Å². The number of nitrogens with zero attached hydrogens (tertiary/aromatic N) is 1. The number of para-hydroxylation sites is 1. The molecule has 1 heterocycles. The first-order valence-electron chi connectivity index (χ1n) is 7.48. The van der Waals surface area contributed by atoms with Crippen LogP contribution in [0.15, 0.2) is 70.5 Å². The van der Waals surface area contributed by atoms with Crippen LogP contribution in [-0.2, 0) is 6.54 Å². The van der Waals surface area contributed by atoms with Gasteiger partial charge in [0.25, 0.3) is 5.91 Å². The summed E-state index contributed by atoms with van der Waals surface area (Å²) in [6, 6.07) is 17.7. The van der Waals surface area contributed by atoms with Crippen molar-refractivity contribution in [3.05, 3.63) is 86.5 Å². The van der Waals surface area contributed by atoms with E-state index in [1.165, 1.54) is 22.3 Å². The van der Waals surface area contributed by atoms with Crippen molar-refractivity contribution in [2.24, 2.45) is 0 Å². The number of thiophene rings is 1. The van der Waals surface area contributed by atoms with Gasteiger partial charge in [-0.3, -0.25) is 4.79 Å². The maximum atomic E-state index is 13.0. The van der Waals surface area contributed by atoms with E-state index in [1.54, 1.807) is 30.3 Å². The van der Waals surface area contributed by atoms with Gasteiger partial charge in [-0.2, -0.15) is 0 Å². The Morgan fingerprint density at radius 2 is 1.72 bits per heavy atom. The average Bonchev–Trinajstić information content (AvgIpc) is 3.15. The fraction of sp³-hybridized carbons (Fsp3) is 0.0526. The number of hydrogen-bond acceptors (Lipinski definition) is 3. The van der Waals surface area contributed by atoms with Gasteiger partial charge in [0.05, 0.1) is 22.7 Å². The van der Waals surface area contributed by atoms with Crippen molar-refractivity contribution >= 4 is 44.8 Å². The normalized spacial score (nSPS) is 10.4. The molecule has 0 aliphatic rings. The Hall–Kier alpha value is -2.44. The maximum Gasteiger partial charge on any atom is 0.337 e. The summed E-state index contributed by atoms with van der Waals surface area (Å²) in [5.41, 5.74) is 1.40. The van der Waals surface area contributed by atoms with Crippen LogP contribution in [0, 0.1) is 0 Å². The summed E-state index contributed by atoms with van der Waals surface area (Å²) in [6.45, 7) is 0.286. The van der Waals surface area contributed by atoms with Gasteiger partial charge < -0.3 is 10.0 Å². The minimum Gasteiger partial charge on any atom is -0.478 e. The number of halogens is 1. The van der Waals surface area contributed by atoms with Gasteiger partial charge >= 0.3 is 5.97 Å². The summed E-state index contributed by atoms with van der Waals surface area (Å²) in [6.07, 6.45) is 0. The molecule has 0 aliphatic carbocycles. The maximum absolute atomic E-state index is 13.0. The van der Waals surface area contributed by atoms with E-state index in [2.05, 4.69) is 15.9 Å². The number of anilines is 1. The summed E-state index contributed by atoms with van der Waals surface area (Å²) in [7, 11) is 0. The molecular weight excluding hydrogens is 402 g/mol. The number of carbonyl (C=O) groups excluding carboxylic acids is 1. The van der Waals surface area contributed by atoms with E-state index in [0.29, 0.717) is 10.6 Å². The lowest BCUT2D eigenvalue weighted by Crippen LogP contribution is -2.31. The molecule has 0 fully saturated rings. The topological polar surface area (TPSA) is 57.6 Å². The van der Waals surface area contributed by atoms with Gasteiger partial charge in [-0.05, 0) is 41.3 Å². The van der Waals surface area contributed by atoms with E-state index in [9.17, 15) is 14.7 Å². The number of amides is 1. The first-order valence-corrected chi connectivity index (χ1v) is 9.15. The highest BCUT2D eigenvalue weighted by molar-refractivity contribution is 9.10. The summed E-state index contributed by atoms with van der Waals surface area (Å²) in [4.78, 5) is 26.7. The first-order chi connectivity index (χ1) is 12.1. The van der Waals surface area contributed by atoms with Crippen molar-refractivity contribution in [3.8, 4) is 0 Å². The molecule has 0 saturated carbocycles. The lowest BCUT2D eigenvalue weighted by molar-refractivity contribution is 0.0697. The molecule has 1 amide bonds. The highest BCUT2D eigenvalue weighted by atomic mass is 79.9. The Morgan fingerprint density at radius 3 is 2.36 bits per heavy atom. The number of hydrogen-bond donors (Lipinski definition) is 1. The van der Waals surface area contributed by atoms with Crippen LogP contribution in [0.25, 0.3) is 0 Å². The first kappa shape index (κ1) is 17.4. The third kappa shape index (κ3) is 3.97. The predicted molar refractivity (Wildman–Crippen MR) is 102 cm³/mol. The molecule has 0 radical (unpaired) electrons. The largest absolute Gasteiger partial charge is 0.478 e. The number of benzene rings is 2. The van der Waals surface area contributed by atoms with E-state index in [4.69, 9.17) is 0 Å². The van der Waals surface area contributed by atoms with Gasteiger partial charge in [0.15, 0.2) is 0 Å². The van der Waals surface area contributed by atoms with E-state index in [0.717, 1.165) is 10.0 Å². The summed E-state index contributed by atoms with van der Waals surface area (Å²) in [5, 5.41) is 11.3. The van der Waals surface area contributed by atoms with Crippen LogP contribution >= 0.6 is 27.3 Å². The molecule has 0 spiro atoms. The second-order valence-corrected chi connectivity index (χ2v) is 7.18. The zero-order valence-corrected chi connectivity index (χ0v) is 15.5. The minimum atomic E-state index is -1.06. The van der Waals surface area contributed by atoms with Crippen molar-refractivity contribution in [1.29, 1.82) is 0 Å². The summed E-state index contributed by atoms with van der Waals surface area (Å²) >= 11 is 4.73. The smallest absolute Gasteiger partial charge is 0.337 e. The van der Waals surface area contributed by atoms with E-state index in [1.807, 2.05) is 29.6 Å². The van der Waals surface area contributed by atoms with Crippen LogP contribution in [-0.4, -0.2) is 17.0 Å². The number of carbonyl (C=O) groups is 2. The highest BCUT2D eigenvalue weighted by Gasteiger charge is 2.23. The molecule has 1 N–H and O–H groups in total. The lowest BCUT2D eigenvalue weighted by atomic mass is 10.1. The number of aromatic carboxylic acids is 1. The molecule has 126 valence electrons. The molecule has 3 aromatic rings. The third-order valence-corrected chi connectivity index (χ3v) is 5.04. The second kappa shape index (κ2) is 7.63. The van der Waals surface area contributed by atoms with E-state index >= 15 is 0 Å². The fourth-order valence-electron chi connectivity index (χ4n) is 2.46. The lowest BCUT2D eigenvalue weighted by Gasteiger charge is -2.24. The van der Waals surface area contributed by atoms with Crippen LogP contribution in [0.1, 0.15) is 25.6 Å². The van der Waals surface area contributed by atoms with Crippen LogP contribution < -0.4 is 4.90 Å². The molecule has 0 atom stereocenters. The number of rotatable bonds is 5. The van der Waals surface area contributed by atoms with E-state index < -0.39 is 5.97 Å². The zero-order chi connectivity index (χ0) is 17.8. The summed E-state index contributed by atoms with van der Waals surface area (Å²) in [5.74, 6) is -1.28. The van der Waals surface area contributed by atoms with Crippen LogP contribution in [0.4, 0.5) is 5.69 Å². The fourth-order valence-corrected chi connectivity index (χ4v) is 3.40. The molecule has 4 nitrogen and oxygen atoms in total. The minimum absolute atomic E-state index is 0.101. The van der Waals surface area contributed by atoms with Gasteiger partial charge in [-0.15, -0.1) is 11.3 Å². The Labute approximate surface area is 157 Å². The number of carboxylic acids is 1. The van der Waals surface area contributed by atoms with Crippen molar-refractivity contribution in [2.75, 3.05) is 4.90 Å². The monoisotopic (exact) mass is 415 g/mol. The molecule has 0 bridgehead atoms. The Balaban J connectivity index is 2.04. The Kier molecular flexibility index (Phi) is 5.31.